The van der Waals surface area contributed by atoms with Crippen LogP contribution in [0.15, 0.2) is 30.6 Å². The lowest BCUT2D eigenvalue weighted by Crippen LogP contribution is -2.02. The second-order valence-electron chi connectivity index (χ2n) is 4.14. The van der Waals surface area contributed by atoms with E-state index in [0.717, 1.165) is 13.0 Å². The van der Waals surface area contributed by atoms with E-state index in [4.69, 9.17) is 16.3 Å². The van der Waals surface area contributed by atoms with E-state index in [1.54, 1.807) is 6.07 Å². The van der Waals surface area contributed by atoms with E-state index in [9.17, 15) is 10.1 Å². The monoisotopic (exact) mass is 308 g/mol. The number of nitro benzene ring substituents is 1. The Morgan fingerprint density at radius 2 is 2.19 bits per heavy atom. The Labute approximate surface area is 126 Å². The van der Waals surface area contributed by atoms with Crippen LogP contribution in [0.3, 0.4) is 0 Å². The Hall–Kier alpha value is -2.41. The molecule has 0 saturated carbocycles. The van der Waals surface area contributed by atoms with E-state index < -0.39 is 4.92 Å². The molecule has 7 nitrogen and oxygen atoms in total. The summed E-state index contributed by atoms with van der Waals surface area (Å²) in [6.45, 7) is 2.79. The maximum atomic E-state index is 11.0. The average molecular weight is 309 g/mol. The second kappa shape index (κ2) is 6.85. The molecule has 0 radical (unpaired) electrons. The van der Waals surface area contributed by atoms with E-state index in [1.807, 2.05) is 6.92 Å². The van der Waals surface area contributed by atoms with Gasteiger partial charge < -0.3 is 10.1 Å². The first-order chi connectivity index (χ1) is 10.1. The van der Waals surface area contributed by atoms with Crippen LogP contribution >= 0.6 is 11.6 Å². The molecule has 0 amide bonds. The first kappa shape index (κ1) is 15.0. The summed E-state index contributed by atoms with van der Waals surface area (Å²) in [6, 6.07) is 5.76. The van der Waals surface area contributed by atoms with Crippen LogP contribution in [0.5, 0.6) is 11.6 Å². The third kappa shape index (κ3) is 4.03. The number of nitrogens with zero attached hydrogens (tertiary/aromatic N) is 3. The molecule has 1 heterocycles. The number of hydrogen-bond donors (Lipinski definition) is 1. The molecular weight excluding hydrogens is 296 g/mol. The minimum atomic E-state index is -0.557. The molecule has 21 heavy (non-hydrogen) atoms. The Morgan fingerprint density at radius 3 is 2.90 bits per heavy atom. The molecule has 1 aromatic heterocycles. The van der Waals surface area contributed by atoms with Gasteiger partial charge in [-0.3, -0.25) is 10.1 Å². The van der Waals surface area contributed by atoms with Gasteiger partial charge in [-0.25, -0.2) is 9.97 Å². The lowest BCUT2D eigenvalue weighted by molar-refractivity contribution is -0.385. The molecule has 8 heteroatoms. The number of aromatic nitrogens is 2. The zero-order chi connectivity index (χ0) is 15.2. The van der Waals surface area contributed by atoms with Crippen molar-refractivity contribution in [2.75, 3.05) is 11.9 Å². The first-order valence-corrected chi connectivity index (χ1v) is 6.65. The number of nitrogens with one attached hydrogen (secondary N) is 1. The molecule has 2 rings (SSSR count). The summed E-state index contributed by atoms with van der Waals surface area (Å²) in [7, 11) is 0. The summed E-state index contributed by atoms with van der Waals surface area (Å²) in [5.74, 6) is 0.886. The number of nitro groups is 1. The third-order valence-corrected chi connectivity index (χ3v) is 2.77. The molecule has 0 bridgehead atoms. The van der Waals surface area contributed by atoms with Gasteiger partial charge in [0.05, 0.1) is 4.92 Å². The van der Waals surface area contributed by atoms with Gasteiger partial charge in [0, 0.05) is 23.7 Å². The topological polar surface area (TPSA) is 90.2 Å². The molecule has 1 N–H and O–H groups in total. The van der Waals surface area contributed by atoms with Crippen molar-refractivity contribution in [3.63, 3.8) is 0 Å². The van der Waals surface area contributed by atoms with Gasteiger partial charge in [0.1, 0.15) is 12.1 Å². The number of benzene rings is 1. The van der Waals surface area contributed by atoms with E-state index >= 15 is 0 Å². The van der Waals surface area contributed by atoms with Gasteiger partial charge in [0.15, 0.2) is 0 Å². The van der Waals surface area contributed by atoms with Gasteiger partial charge in [-0.15, -0.1) is 0 Å². The highest BCUT2D eigenvalue weighted by molar-refractivity contribution is 6.30. The van der Waals surface area contributed by atoms with Gasteiger partial charge in [0.2, 0.25) is 11.6 Å². The predicted molar refractivity (Wildman–Crippen MR) is 79.0 cm³/mol. The second-order valence-corrected chi connectivity index (χ2v) is 4.58. The molecule has 0 atom stereocenters. The molecular formula is C13H13ClN4O3. The van der Waals surface area contributed by atoms with E-state index in [2.05, 4.69) is 15.3 Å². The molecule has 110 valence electrons. The fraction of sp³-hybridized carbons (Fsp3) is 0.231. The summed E-state index contributed by atoms with van der Waals surface area (Å²) in [4.78, 5) is 18.4. The van der Waals surface area contributed by atoms with Crippen molar-refractivity contribution in [2.24, 2.45) is 0 Å². The predicted octanol–water partition coefficient (Wildman–Crippen LogP) is 3.65. The van der Waals surface area contributed by atoms with Crippen molar-refractivity contribution in [3.05, 3.63) is 45.7 Å². The Balaban J connectivity index is 2.24. The van der Waals surface area contributed by atoms with E-state index in [-0.39, 0.29) is 22.3 Å². The highest BCUT2D eigenvalue weighted by Gasteiger charge is 2.17. The smallest absolute Gasteiger partial charge is 0.313 e. The zero-order valence-corrected chi connectivity index (χ0v) is 12.0. The highest BCUT2D eigenvalue weighted by atomic mass is 35.5. The standard InChI is InChI=1S/C13H13ClN4O3/c1-2-5-15-12-7-13(17-8-16-12)21-11-4-3-9(14)6-10(11)18(19)20/h3-4,6-8H,2,5H2,1H3,(H,15,16,17). The van der Waals surface area contributed by atoms with Gasteiger partial charge in [0.25, 0.3) is 0 Å². The maximum absolute atomic E-state index is 11.0. The largest absolute Gasteiger partial charge is 0.432 e. The molecule has 1 aromatic carbocycles. The summed E-state index contributed by atoms with van der Waals surface area (Å²) in [5, 5.41) is 14.3. The summed E-state index contributed by atoms with van der Waals surface area (Å²) in [5.41, 5.74) is -0.218. The molecule has 2 aromatic rings. The van der Waals surface area contributed by atoms with Crippen LogP contribution in [0.25, 0.3) is 0 Å². The Bertz CT molecular complexity index is 651. The van der Waals surface area contributed by atoms with Crippen LogP contribution in [0, 0.1) is 10.1 Å². The van der Waals surface area contributed by atoms with Crippen molar-refractivity contribution in [2.45, 2.75) is 13.3 Å². The summed E-state index contributed by atoms with van der Waals surface area (Å²) >= 11 is 5.75. The van der Waals surface area contributed by atoms with Crippen molar-refractivity contribution in [1.29, 1.82) is 0 Å². The third-order valence-electron chi connectivity index (χ3n) is 2.53. The minimum absolute atomic E-state index is 0.0736. The first-order valence-electron chi connectivity index (χ1n) is 6.28. The van der Waals surface area contributed by atoms with Crippen LogP contribution in [-0.2, 0) is 0 Å². The number of hydrogen-bond acceptors (Lipinski definition) is 6. The lowest BCUT2D eigenvalue weighted by atomic mass is 10.3. The molecule has 0 aliphatic rings. The Morgan fingerprint density at radius 1 is 1.38 bits per heavy atom. The number of anilines is 1. The van der Waals surface area contributed by atoms with Crippen LogP contribution in [0.2, 0.25) is 5.02 Å². The molecule has 0 fully saturated rings. The molecule has 0 saturated heterocycles. The van der Waals surface area contributed by atoms with Gasteiger partial charge in [-0.2, -0.15) is 0 Å². The van der Waals surface area contributed by atoms with Crippen LogP contribution < -0.4 is 10.1 Å². The molecule has 0 aliphatic heterocycles. The van der Waals surface area contributed by atoms with Gasteiger partial charge in [-0.1, -0.05) is 18.5 Å². The Kier molecular flexibility index (Phi) is 4.89. The number of rotatable bonds is 6. The van der Waals surface area contributed by atoms with Crippen LogP contribution in [0.1, 0.15) is 13.3 Å². The van der Waals surface area contributed by atoms with Crippen LogP contribution in [-0.4, -0.2) is 21.4 Å². The summed E-state index contributed by atoms with van der Waals surface area (Å²) in [6.07, 6.45) is 2.28. The highest BCUT2D eigenvalue weighted by Crippen LogP contribution is 2.33. The van der Waals surface area contributed by atoms with Crippen molar-refractivity contribution in [1.82, 2.24) is 9.97 Å². The molecule has 0 unspecified atom stereocenters. The normalized spacial score (nSPS) is 10.2. The maximum Gasteiger partial charge on any atom is 0.313 e. The van der Waals surface area contributed by atoms with Crippen molar-refractivity contribution >= 4 is 23.1 Å². The van der Waals surface area contributed by atoms with E-state index in [1.165, 1.54) is 24.5 Å². The average Bonchev–Trinajstić information content (AvgIpc) is 2.47. The van der Waals surface area contributed by atoms with E-state index in [0.29, 0.717) is 5.82 Å². The lowest BCUT2D eigenvalue weighted by Gasteiger charge is -2.07. The summed E-state index contributed by atoms with van der Waals surface area (Å²) < 4.78 is 5.46. The van der Waals surface area contributed by atoms with Crippen molar-refractivity contribution < 1.29 is 9.66 Å². The van der Waals surface area contributed by atoms with Crippen LogP contribution in [0.4, 0.5) is 11.5 Å². The molecule has 0 aliphatic carbocycles. The fourth-order valence-corrected chi connectivity index (χ4v) is 1.74. The fourth-order valence-electron chi connectivity index (χ4n) is 1.58. The van der Waals surface area contributed by atoms with Gasteiger partial charge in [-0.05, 0) is 18.6 Å². The quantitative estimate of drug-likeness (QED) is 0.647. The van der Waals surface area contributed by atoms with Gasteiger partial charge >= 0.3 is 5.69 Å². The van der Waals surface area contributed by atoms with Crippen molar-refractivity contribution in [3.8, 4) is 11.6 Å². The number of ether oxygens (including phenoxy) is 1. The zero-order valence-electron chi connectivity index (χ0n) is 11.2. The number of halogens is 1. The SMILES string of the molecule is CCCNc1cc(Oc2ccc(Cl)cc2[N+](=O)[O-])ncn1. The minimum Gasteiger partial charge on any atom is -0.432 e. The molecule has 0 spiro atoms.